The molecular weight excluding hydrogens is 248 g/mol. The van der Waals surface area contributed by atoms with E-state index in [2.05, 4.69) is 30.9 Å². The van der Waals surface area contributed by atoms with Crippen molar-refractivity contribution in [2.75, 3.05) is 18.0 Å². The monoisotopic (exact) mass is 270 g/mol. The SMILES string of the molecule is CCN(CC(C)C(=N)N)c1nc2ccccc2cc1C. The Hall–Kier alpha value is -2.10. The molecule has 106 valence electrons. The number of para-hydroxylation sites is 1. The average Bonchev–Trinajstić information content (AvgIpc) is 2.43. The summed E-state index contributed by atoms with van der Waals surface area (Å²) in [7, 11) is 0. The average molecular weight is 270 g/mol. The molecule has 0 saturated carbocycles. The molecule has 3 N–H and O–H groups in total. The van der Waals surface area contributed by atoms with Gasteiger partial charge in [0.25, 0.3) is 0 Å². The number of amidine groups is 1. The predicted molar refractivity (Wildman–Crippen MR) is 85.4 cm³/mol. The third-order valence-corrected chi connectivity index (χ3v) is 3.59. The third kappa shape index (κ3) is 2.90. The fraction of sp³-hybridized carbons (Fsp3) is 0.375. The highest BCUT2D eigenvalue weighted by molar-refractivity contribution is 5.82. The van der Waals surface area contributed by atoms with Crippen molar-refractivity contribution in [3.8, 4) is 0 Å². The third-order valence-electron chi connectivity index (χ3n) is 3.59. The second kappa shape index (κ2) is 5.90. The molecule has 1 aromatic heterocycles. The van der Waals surface area contributed by atoms with E-state index >= 15 is 0 Å². The topological polar surface area (TPSA) is 66.0 Å². The van der Waals surface area contributed by atoms with Crippen LogP contribution in [0.1, 0.15) is 19.4 Å². The Kier molecular flexibility index (Phi) is 4.23. The zero-order valence-corrected chi connectivity index (χ0v) is 12.4. The molecule has 0 fully saturated rings. The van der Waals surface area contributed by atoms with Crippen LogP contribution in [-0.2, 0) is 0 Å². The Morgan fingerprint density at radius 1 is 1.40 bits per heavy atom. The molecule has 0 bridgehead atoms. The summed E-state index contributed by atoms with van der Waals surface area (Å²) in [6.45, 7) is 7.72. The Balaban J connectivity index is 2.38. The smallest absolute Gasteiger partial charge is 0.132 e. The maximum atomic E-state index is 7.55. The molecule has 0 aliphatic rings. The molecule has 0 spiro atoms. The normalized spacial score (nSPS) is 12.3. The van der Waals surface area contributed by atoms with Gasteiger partial charge in [-0.15, -0.1) is 0 Å². The zero-order chi connectivity index (χ0) is 14.7. The van der Waals surface area contributed by atoms with E-state index in [0.29, 0.717) is 0 Å². The number of anilines is 1. The summed E-state index contributed by atoms with van der Waals surface area (Å²) in [5.41, 5.74) is 7.74. The van der Waals surface area contributed by atoms with Gasteiger partial charge in [0.1, 0.15) is 5.82 Å². The van der Waals surface area contributed by atoms with Crippen molar-refractivity contribution < 1.29 is 0 Å². The standard InChI is InChI=1S/C16H22N4/c1-4-20(10-12(3)15(17)18)16-11(2)9-13-7-5-6-8-14(13)19-16/h5-9,12H,4,10H2,1-3H3,(H3,17,18). The van der Waals surface area contributed by atoms with Gasteiger partial charge in [-0.05, 0) is 31.5 Å². The number of pyridine rings is 1. The Bertz CT molecular complexity index is 621. The van der Waals surface area contributed by atoms with Gasteiger partial charge in [0, 0.05) is 24.4 Å². The van der Waals surface area contributed by atoms with Crippen LogP contribution in [0, 0.1) is 18.3 Å². The first kappa shape index (κ1) is 14.3. The first-order valence-electron chi connectivity index (χ1n) is 6.98. The molecular formula is C16H22N4. The van der Waals surface area contributed by atoms with Crippen molar-refractivity contribution in [2.24, 2.45) is 11.7 Å². The van der Waals surface area contributed by atoms with Crippen LogP contribution in [0.15, 0.2) is 30.3 Å². The lowest BCUT2D eigenvalue weighted by molar-refractivity contribution is 0.689. The van der Waals surface area contributed by atoms with Crippen LogP contribution in [0.2, 0.25) is 0 Å². The highest BCUT2D eigenvalue weighted by Crippen LogP contribution is 2.23. The number of rotatable bonds is 5. The van der Waals surface area contributed by atoms with Crippen LogP contribution < -0.4 is 10.6 Å². The molecule has 20 heavy (non-hydrogen) atoms. The summed E-state index contributed by atoms with van der Waals surface area (Å²) in [4.78, 5) is 6.96. The van der Waals surface area contributed by atoms with Crippen LogP contribution in [0.4, 0.5) is 5.82 Å². The molecule has 4 nitrogen and oxygen atoms in total. The number of nitrogens with two attached hydrogens (primary N) is 1. The first-order chi connectivity index (χ1) is 9.52. The molecule has 0 aliphatic carbocycles. The van der Waals surface area contributed by atoms with Crippen molar-refractivity contribution in [1.82, 2.24) is 4.98 Å². The minimum atomic E-state index is 0.0302. The number of aromatic nitrogens is 1. The van der Waals surface area contributed by atoms with Gasteiger partial charge in [0.15, 0.2) is 0 Å². The second-order valence-electron chi connectivity index (χ2n) is 5.22. The van der Waals surface area contributed by atoms with Crippen LogP contribution in [-0.4, -0.2) is 23.9 Å². The van der Waals surface area contributed by atoms with Crippen LogP contribution in [0.3, 0.4) is 0 Å². The molecule has 2 aromatic rings. The van der Waals surface area contributed by atoms with Crippen molar-refractivity contribution in [2.45, 2.75) is 20.8 Å². The maximum Gasteiger partial charge on any atom is 0.132 e. The van der Waals surface area contributed by atoms with Gasteiger partial charge in [-0.2, -0.15) is 0 Å². The fourth-order valence-electron chi connectivity index (χ4n) is 2.33. The molecule has 1 atom stereocenters. The Morgan fingerprint density at radius 3 is 2.75 bits per heavy atom. The molecule has 2 rings (SSSR count). The van der Waals surface area contributed by atoms with Crippen LogP contribution >= 0.6 is 0 Å². The van der Waals surface area contributed by atoms with Crippen molar-refractivity contribution in [3.05, 3.63) is 35.9 Å². The van der Waals surface area contributed by atoms with Gasteiger partial charge in [-0.25, -0.2) is 4.98 Å². The molecule has 0 saturated heterocycles. The summed E-state index contributed by atoms with van der Waals surface area (Å²) in [6.07, 6.45) is 0. The van der Waals surface area contributed by atoms with Gasteiger partial charge in [-0.1, -0.05) is 25.1 Å². The van der Waals surface area contributed by atoms with Gasteiger partial charge in [0.2, 0.25) is 0 Å². The number of hydrogen-bond acceptors (Lipinski definition) is 3. The maximum absolute atomic E-state index is 7.55. The number of aryl methyl sites for hydroxylation is 1. The van der Waals surface area contributed by atoms with E-state index in [1.54, 1.807) is 0 Å². The lowest BCUT2D eigenvalue weighted by Crippen LogP contribution is -2.35. The summed E-state index contributed by atoms with van der Waals surface area (Å²) >= 11 is 0. The van der Waals surface area contributed by atoms with Crippen LogP contribution in [0.25, 0.3) is 10.9 Å². The van der Waals surface area contributed by atoms with Crippen LogP contribution in [0.5, 0.6) is 0 Å². The van der Waals surface area contributed by atoms with Crippen molar-refractivity contribution >= 4 is 22.6 Å². The highest BCUT2D eigenvalue weighted by Gasteiger charge is 2.15. The van der Waals surface area contributed by atoms with E-state index in [1.165, 1.54) is 0 Å². The number of nitrogens with zero attached hydrogens (tertiary/aromatic N) is 2. The molecule has 1 heterocycles. The summed E-state index contributed by atoms with van der Waals surface area (Å²) in [6, 6.07) is 10.3. The molecule has 0 aliphatic heterocycles. The minimum Gasteiger partial charge on any atom is -0.387 e. The molecule has 0 amide bonds. The molecule has 0 radical (unpaired) electrons. The van der Waals surface area contributed by atoms with Gasteiger partial charge in [0.05, 0.1) is 11.4 Å². The van der Waals surface area contributed by atoms with Crippen molar-refractivity contribution in [3.63, 3.8) is 0 Å². The van der Waals surface area contributed by atoms with Gasteiger partial charge >= 0.3 is 0 Å². The predicted octanol–water partition coefficient (Wildman–Crippen LogP) is 2.94. The molecule has 1 aromatic carbocycles. The Morgan fingerprint density at radius 2 is 2.10 bits per heavy atom. The quantitative estimate of drug-likeness (QED) is 0.648. The molecule has 1 unspecified atom stereocenters. The zero-order valence-electron chi connectivity index (χ0n) is 12.4. The van der Waals surface area contributed by atoms with E-state index in [9.17, 15) is 0 Å². The lowest BCUT2D eigenvalue weighted by atomic mass is 10.1. The molecule has 4 heteroatoms. The van der Waals surface area contributed by atoms with Crippen molar-refractivity contribution in [1.29, 1.82) is 5.41 Å². The summed E-state index contributed by atoms with van der Waals surface area (Å²) in [5, 5.41) is 8.70. The number of fused-ring (bicyclic) bond motifs is 1. The number of nitrogens with one attached hydrogen (secondary N) is 1. The fourth-order valence-corrected chi connectivity index (χ4v) is 2.33. The van der Waals surface area contributed by atoms with E-state index in [-0.39, 0.29) is 11.8 Å². The van der Waals surface area contributed by atoms with E-state index in [4.69, 9.17) is 16.1 Å². The largest absolute Gasteiger partial charge is 0.387 e. The van der Waals surface area contributed by atoms with Gasteiger partial charge in [-0.3, -0.25) is 5.41 Å². The number of benzene rings is 1. The lowest BCUT2D eigenvalue weighted by Gasteiger charge is -2.26. The minimum absolute atomic E-state index is 0.0302. The summed E-state index contributed by atoms with van der Waals surface area (Å²) < 4.78 is 0. The Labute approximate surface area is 120 Å². The first-order valence-corrected chi connectivity index (χ1v) is 6.98. The van der Waals surface area contributed by atoms with E-state index in [0.717, 1.165) is 35.4 Å². The number of hydrogen-bond donors (Lipinski definition) is 2. The second-order valence-corrected chi connectivity index (χ2v) is 5.22. The summed E-state index contributed by atoms with van der Waals surface area (Å²) in [5.74, 6) is 1.24. The van der Waals surface area contributed by atoms with E-state index in [1.807, 2.05) is 25.1 Å². The van der Waals surface area contributed by atoms with Gasteiger partial charge < -0.3 is 10.6 Å². The highest BCUT2D eigenvalue weighted by atomic mass is 15.2. The van der Waals surface area contributed by atoms with E-state index < -0.39 is 0 Å².